The molecule has 1 aromatic heterocycles. The van der Waals surface area contributed by atoms with E-state index < -0.39 is 10.5 Å². The smallest absolute Gasteiger partial charge is 0.346 e. The molecule has 0 aliphatic heterocycles. The fraction of sp³-hybridized carbons (Fsp3) is 0.0625. The van der Waals surface area contributed by atoms with Gasteiger partial charge in [0.05, 0.1) is 10.3 Å². The molecule has 0 unspecified atom stereocenters. The van der Waals surface area contributed by atoms with Crippen molar-refractivity contribution < 1.29 is 14.1 Å². The zero-order valence-electron chi connectivity index (χ0n) is 11.7. The number of nitro groups is 1. The van der Waals surface area contributed by atoms with E-state index in [-0.39, 0.29) is 28.6 Å². The van der Waals surface area contributed by atoms with Crippen molar-refractivity contribution in [3.63, 3.8) is 0 Å². The molecular weight excluding hydrogens is 322 g/mol. The molecule has 0 bridgehead atoms. The molecule has 3 aromatic rings. The molecule has 0 saturated heterocycles. The molecule has 6 nitrogen and oxygen atoms in total. The third-order valence-electron chi connectivity index (χ3n) is 3.25. The lowest BCUT2D eigenvalue weighted by Crippen LogP contribution is -2.04. The Bertz CT molecular complexity index is 936. The first-order chi connectivity index (χ1) is 11.1. The van der Waals surface area contributed by atoms with Crippen LogP contribution in [0.2, 0.25) is 5.02 Å². The molecular formula is C16H10ClNO5. The van der Waals surface area contributed by atoms with E-state index >= 15 is 0 Å². The molecule has 0 N–H and O–H groups in total. The lowest BCUT2D eigenvalue weighted by molar-refractivity contribution is -0.384. The monoisotopic (exact) mass is 331 g/mol. The van der Waals surface area contributed by atoms with Gasteiger partial charge in [-0.15, -0.1) is 0 Å². The summed E-state index contributed by atoms with van der Waals surface area (Å²) in [5, 5.41) is 11.3. The summed E-state index contributed by atoms with van der Waals surface area (Å²) in [7, 11) is 0. The Balaban J connectivity index is 1.99. The van der Waals surface area contributed by atoms with Crippen LogP contribution in [0.4, 0.5) is 5.69 Å². The average molecular weight is 332 g/mol. The highest BCUT2D eigenvalue weighted by atomic mass is 35.5. The van der Waals surface area contributed by atoms with Gasteiger partial charge in [0.15, 0.2) is 0 Å². The molecule has 0 fully saturated rings. The summed E-state index contributed by atoms with van der Waals surface area (Å²) in [6.45, 7) is 0.183. The largest absolute Gasteiger partial charge is 0.459 e. The Morgan fingerprint density at radius 1 is 1.13 bits per heavy atom. The van der Waals surface area contributed by atoms with E-state index in [0.717, 1.165) is 11.6 Å². The summed E-state index contributed by atoms with van der Waals surface area (Å²) in [5.74, 6) is -0.109. The minimum Gasteiger partial charge on any atom is -0.459 e. The van der Waals surface area contributed by atoms with Gasteiger partial charge in [0.1, 0.15) is 11.6 Å². The molecule has 7 heteroatoms. The lowest BCUT2D eigenvalue weighted by Gasteiger charge is -2.08. The Kier molecular flexibility index (Phi) is 3.99. The lowest BCUT2D eigenvalue weighted by atomic mass is 10.1. The highest BCUT2D eigenvalue weighted by molar-refractivity contribution is 6.36. The third-order valence-corrected chi connectivity index (χ3v) is 3.61. The fourth-order valence-corrected chi connectivity index (χ4v) is 2.37. The first-order valence-corrected chi connectivity index (χ1v) is 7.01. The molecule has 0 aliphatic carbocycles. The van der Waals surface area contributed by atoms with Crippen molar-refractivity contribution in [1.29, 1.82) is 0 Å². The van der Waals surface area contributed by atoms with Crippen molar-refractivity contribution >= 4 is 28.1 Å². The second kappa shape index (κ2) is 6.10. The summed E-state index contributed by atoms with van der Waals surface area (Å²) in [6, 6.07) is 13.1. The minimum absolute atomic E-state index is 0.0382. The summed E-state index contributed by atoms with van der Waals surface area (Å²) >= 11 is 6.18. The molecule has 0 spiro atoms. The van der Waals surface area contributed by atoms with E-state index in [0.29, 0.717) is 5.39 Å². The Morgan fingerprint density at radius 3 is 2.57 bits per heavy atom. The van der Waals surface area contributed by atoms with E-state index in [1.807, 2.05) is 30.3 Å². The van der Waals surface area contributed by atoms with Gasteiger partial charge in [0, 0.05) is 17.5 Å². The summed E-state index contributed by atoms with van der Waals surface area (Å²) in [4.78, 5) is 22.2. The molecule has 0 atom stereocenters. The van der Waals surface area contributed by atoms with Crippen LogP contribution in [-0.4, -0.2) is 4.92 Å². The van der Waals surface area contributed by atoms with Gasteiger partial charge in [-0.25, -0.2) is 4.79 Å². The standard InChI is InChI=1S/C16H10ClNO5/c17-14-12-7-6-11(18(20)21)8-13(12)15(19)23-16(14)22-9-10-4-2-1-3-5-10/h1-8H,9H2. The van der Waals surface area contributed by atoms with Crippen LogP contribution < -0.4 is 10.4 Å². The van der Waals surface area contributed by atoms with Gasteiger partial charge in [0.25, 0.3) is 5.69 Å². The van der Waals surface area contributed by atoms with E-state index in [2.05, 4.69) is 0 Å². The van der Waals surface area contributed by atoms with E-state index in [9.17, 15) is 14.9 Å². The van der Waals surface area contributed by atoms with Gasteiger partial charge in [-0.3, -0.25) is 10.1 Å². The van der Waals surface area contributed by atoms with Crippen LogP contribution in [0.15, 0.2) is 57.7 Å². The predicted octanol–water partition coefficient (Wildman–Crippen LogP) is 3.93. The van der Waals surface area contributed by atoms with E-state index in [1.54, 1.807) is 0 Å². The van der Waals surface area contributed by atoms with Gasteiger partial charge in [-0.1, -0.05) is 41.9 Å². The molecule has 23 heavy (non-hydrogen) atoms. The van der Waals surface area contributed by atoms with Crippen LogP contribution in [-0.2, 0) is 6.61 Å². The summed E-state index contributed by atoms with van der Waals surface area (Å²) < 4.78 is 10.5. The van der Waals surface area contributed by atoms with Crippen LogP contribution in [0.3, 0.4) is 0 Å². The number of non-ortho nitro benzene ring substituents is 1. The highest BCUT2D eigenvalue weighted by Crippen LogP contribution is 2.32. The van der Waals surface area contributed by atoms with E-state index in [4.69, 9.17) is 20.8 Å². The van der Waals surface area contributed by atoms with Crippen LogP contribution in [0.1, 0.15) is 5.56 Å². The number of nitro benzene ring substituents is 1. The van der Waals surface area contributed by atoms with Crippen LogP contribution >= 0.6 is 11.6 Å². The Hall–Kier alpha value is -2.86. The van der Waals surface area contributed by atoms with E-state index in [1.165, 1.54) is 12.1 Å². The first kappa shape index (κ1) is 15.1. The molecule has 3 rings (SSSR count). The molecule has 0 amide bonds. The van der Waals surface area contributed by atoms with Crippen molar-refractivity contribution in [3.05, 3.63) is 79.7 Å². The van der Waals surface area contributed by atoms with Gasteiger partial charge >= 0.3 is 11.6 Å². The Morgan fingerprint density at radius 2 is 1.87 bits per heavy atom. The normalized spacial score (nSPS) is 10.7. The van der Waals surface area contributed by atoms with Crippen LogP contribution in [0.25, 0.3) is 10.8 Å². The van der Waals surface area contributed by atoms with Crippen molar-refractivity contribution in [3.8, 4) is 5.95 Å². The predicted molar refractivity (Wildman–Crippen MR) is 84.9 cm³/mol. The summed E-state index contributed by atoms with van der Waals surface area (Å²) in [5.41, 5.74) is -0.0648. The second-order valence-corrected chi connectivity index (χ2v) is 5.13. The van der Waals surface area contributed by atoms with Crippen molar-refractivity contribution in [1.82, 2.24) is 0 Å². The maximum absolute atomic E-state index is 12.0. The van der Waals surface area contributed by atoms with Crippen LogP contribution in [0.5, 0.6) is 5.95 Å². The number of rotatable bonds is 4. The maximum Gasteiger partial charge on any atom is 0.346 e. The zero-order valence-corrected chi connectivity index (χ0v) is 12.4. The quantitative estimate of drug-likeness (QED) is 0.534. The molecule has 0 radical (unpaired) electrons. The SMILES string of the molecule is O=c1oc(OCc2ccccc2)c(Cl)c2ccc([N+](=O)[O-])cc12. The zero-order chi connectivity index (χ0) is 16.4. The molecule has 0 saturated carbocycles. The second-order valence-electron chi connectivity index (χ2n) is 4.75. The topological polar surface area (TPSA) is 82.6 Å². The first-order valence-electron chi connectivity index (χ1n) is 6.64. The molecule has 116 valence electrons. The van der Waals surface area contributed by atoms with Gasteiger partial charge in [-0.2, -0.15) is 0 Å². The fourth-order valence-electron chi connectivity index (χ4n) is 2.12. The van der Waals surface area contributed by atoms with Crippen molar-refractivity contribution in [2.24, 2.45) is 0 Å². The summed E-state index contributed by atoms with van der Waals surface area (Å²) in [6.07, 6.45) is 0. The number of halogens is 1. The number of ether oxygens (including phenoxy) is 1. The molecule has 0 aliphatic rings. The number of fused-ring (bicyclic) bond motifs is 1. The van der Waals surface area contributed by atoms with Gasteiger partial charge in [0.2, 0.25) is 0 Å². The van der Waals surface area contributed by atoms with Gasteiger partial charge < -0.3 is 9.15 Å². The molecule has 2 aromatic carbocycles. The molecule has 1 heterocycles. The third kappa shape index (κ3) is 3.02. The highest BCUT2D eigenvalue weighted by Gasteiger charge is 2.16. The van der Waals surface area contributed by atoms with Crippen molar-refractivity contribution in [2.45, 2.75) is 6.61 Å². The van der Waals surface area contributed by atoms with Crippen LogP contribution in [0, 0.1) is 10.1 Å². The number of benzene rings is 2. The number of hydrogen-bond acceptors (Lipinski definition) is 5. The maximum atomic E-state index is 12.0. The average Bonchev–Trinajstić information content (AvgIpc) is 2.57. The van der Waals surface area contributed by atoms with Gasteiger partial charge in [-0.05, 0) is 11.6 Å². The van der Waals surface area contributed by atoms with Crippen molar-refractivity contribution in [2.75, 3.05) is 0 Å². The Labute approximate surface area is 135 Å². The number of hydrogen-bond donors (Lipinski definition) is 0. The minimum atomic E-state index is -0.740. The number of nitrogens with zero attached hydrogens (tertiary/aromatic N) is 1.